The first-order valence-corrected chi connectivity index (χ1v) is 11.2. The second-order valence-electron chi connectivity index (χ2n) is 8.07. The molecule has 3 heterocycles. The van der Waals surface area contributed by atoms with Gasteiger partial charge in [-0.25, -0.2) is 9.97 Å². The molecule has 0 unspecified atom stereocenters. The number of halogens is 1. The minimum atomic E-state index is -0.0173. The Balaban J connectivity index is 1.46. The number of carbonyl (C=O) groups is 2. The van der Waals surface area contributed by atoms with Crippen molar-refractivity contribution >= 4 is 29.2 Å². The number of hydrogen-bond acceptors (Lipinski definition) is 4. The molecular formula is C23H27ClN4O2. The zero-order chi connectivity index (χ0) is 21.1. The van der Waals surface area contributed by atoms with E-state index in [9.17, 15) is 9.59 Å². The summed E-state index contributed by atoms with van der Waals surface area (Å²) in [5, 5.41) is 0. The van der Waals surface area contributed by atoms with E-state index in [0.717, 1.165) is 48.6 Å². The van der Waals surface area contributed by atoms with E-state index in [-0.39, 0.29) is 23.6 Å². The molecule has 6 nitrogen and oxygen atoms in total. The number of alkyl halides is 1. The highest BCUT2D eigenvalue weighted by atomic mass is 35.5. The Morgan fingerprint density at radius 1 is 1.17 bits per heavy atom. The first-order valence-electron chi connectivity index (χ1n) is 10.6. The molecule has 30 heavy (non-hydrogen) atoms. The van der Waals surface area contributed by atoms with Crippen molar-refractivity contribution in [1.29, 1.82) is 0 Å². The molecule has 2 amide bonds. The maximum Gasteiger partial charge on any atom is 0.237 e. The van der Waals surface area contributed by atoms with Crippen LogP contribution in [0.3, 0.4) is 0 Å². The molecule has 1 saturated heterocycles. The van der Waals surface area contributed by atoms with E-state index in [1.807, 2.05) is 34.9 Å². The summed E-state index contributed by atoms with van der Waals surface area (Å²) < 4.78 is 0. The molecule has 2 aliphatic heterocycles. The van der Waals surface area contributed by atoms with Gasteiger partial charge in [-0.1, -0.05) is 30.3 Å². The normalized spacial score (nSPS) is 16.8. The molecule has 4 rings (SSSR count). The molecule has 158 valence electrons. The number of hydrogen-bond donors (Lipinski definition) is 0. The van der Waals surface area contributed by atoms with Crippen LogP contribution in [0, 0.1) is 6.92 Å². The van der Waals surface area contributed by atoms with Crippen molar-refractivity contribution in [3.63, 3.8) is 0 Å². The summed E-state index contributed by atoms with van der Waals surface area (Å²) in [6.07, 6.45) is 3.86. The highest BCUT2D eigenvalue weighted by Gasteiger charge is 2.33. The van der Waals surface area contributed by atoms with E-state index in [2.05, 4.69) is 12.1 Å². The van der Waals surface area contributed by atoms with Crippen LogP contribution >= 0.6 is 11.6 Å². The molecule has 0 bridgehead atoms. The number of benzene rings is 1. The van der Waals surface area contributed by atoms with Crippen molar-refractivity contribution in [2.45, 2.75) is 44.9 Å². The number of piperidine rings is 1. The van der Waals surface area contributed by atoms with Crippen molar-refractivity contribution < 1.29 is 9.59 Å². The molecule has 7 heteroatoms. The summed E-state index contributed by atoms with van der Waals surface area (Å²) in [7, 11) is 0. The molecule has 0 radical (unpaired) electrons. The molecule has 0 atom stereocenters. The van der Waals surface area contributed by atoms with E-state index >= 15 is 0 Å². The van der Waals surface area contributed by atoms with Gasteiger partial charge in [-0.2, -0.15) is 0 Å². The Kier molecular flexibility index (Phi) is 6.32. The van der Waals surface area contributed by atoms with Gasteiger partial charge in [-0.3, -0.25) is 14.5 Å². The van der Waals surface area contributed by atoms with Gasteiger partial charge >= 0.3 is 0 Å². The smallest absolute Gasteiger partial charge is 0.237 e. The zero-order valence-corrected chi connectivity index (χ0v) is 18.1. The second-order valence-corrected chi connectivity index (χ2v) is 8.34. The number of aromatic nitrogens is 2. The standard InChI is InChI=1S/C23H27ClN4O2/c1-16-19-14-20(29)28(11-5-8-17-6-3-2-4-7-17)23(19)26-22(25-16)18-9-12-27(13-10-18)21(30)15-24/h2-4,6-7,18H,5,8-15H2,1H3. The molecule has 1 aromatic carbocycles. The van der Waals surface area contributed by atoms with Crippen molar-refractivity contribution in [2.75, 3.05) is 30.4 Å². The predicted molar refractivity (Wildman–Crippen MR) is 117 cm³/mol. The Hall–Kier alpha value is -2.47. The largest absolute Gasteiger partial charge is 0.342 e. The first-order chi connectivity index (χ1) is 14.6. The number of nitrogens with zero attached hydrogens (tertiary/aromatic N) is 4. The minimum absolute atomic E-state index is 0.0173. The summed E-state index contributed by atoms with van der Waals surface area (Å²) >= 11 is 5.68. The average Bonchev–Trinajstić information content (AvgIpc) is 3.10. The van der Waals surface area contributed by atoms with Crippen LogP contribution < -0.4 is 4.90 Å². The predicted octanol–water partition coefficient (Wildman–Crippen LogP) is 3.25. The monoisotopic (exact) mass is 426 g/mol. The quantitative estimate of drug-likeness (QED) is 0.665. The zero-order valence-electron chi connectivity index (χ0n) is 17.3. The number of carbonyl (C=O) groups excluding carboxylic acids is 2. The maximum atomic E-state index is 12.7. The van der Waals surface area contributed by atoms with Gasteiger partial charge in [-0.05, 0) is 38.2 Å². The molecule has 0 N–H and O–H groups in total. The van der Waals surface area contributed by atoms with Gasteiger partial charge < -0.3 is 4.90 Å². The molecule has 0 aliphatic carbocycles. The third-order valence-electron chi connectivity index (χ3n) is 6.11. The number of aryl methyl sites for hydroxylation is 2. The summed E-state index contributed by atoms with van der Waals surface area (Å²) in [5.41, 5.74) is 3.13. The van der Waals surface area contributed by atoms with Crippen molar-refractivity contribution in [1.82, 2.24) is 14.9 Å². The lowest BCUT2D eigenvalue weighted by atomic mass is 9.95. The molecule has 0 saturated carbocycles. The molecule has 2 aromatic rings. The summed E-state index contributed by atoms with van der Waals surface area (Å²) in [5.74, 6) is 1.91. The fourth-order valence-corrected chi connectivity index (χ4v) is 4.54. The van der Waals surface area contributed by atoms with Crippen molar-refractivity contribution in [2.24, 2.45) is 0 Å². The number of likely N-dealkylation sites (tertiary alicyclic amines) is 1. The van der Waals surface area contributed by atoms with Crippen LogP contribution in [-0.4, -0.2) is 52.2 Å². The third-order valence-corrected chi connectivity index (χ3v) is 6.34. The van der Waals surface area contributed by atoms with Gasteiger partial charge in [-0.15, -0.1) is 11.6 Å². The van der Waals surface area contributed by atoms with E-state index in [1.54, 1.807) is 0 Å². The molecule has 1 aromatic heterocycles. The van der Waals surface area contributed by atoms with E-state index < -0.39 is 0 Å². The van der Waals surface area contributed by atoms with Crippen LogP contribution in [0.15, 0.2) is 30.3 Å². The number of fused-ring (bicyclic) bond motifs is 1. The average molecular weight is 427 g/mol. The Labute approximate surface area is 182 Å². The second kappa shape index (κ2) is 9.13. The molecule has 0 spiro atoms. The SMILES string of the molecule is Cc1nc(C2CCN(C(=O)CCl)CC2)nc2c1CC(=O)N2CCCc1ccccc1. The van der Waals surface area contributed by atoms with Crippen LogP contribution in [0.25, 0.3) is 0 Å². The lowest BCUT2D eigenvalue weighted by Crippen LogP contribution is -2.39. The summed E-state index contributed by atoms with van der Waals surface area (Å²) in [4.78, 5) is 37.7. The van der Waals surface area contributed by atoms with Gasteiger partial charge in [0.25, 0.3) is 0 Å². The first kappa shape index (κ1) is 20.8. The van der Waals surface area contributed by atoms with Gasteiger partial charge in [0.05, 0.1) is 6.42 Å². The van der Waals surface area contributed by atoms with Crippen molar-refractivity contribution in [3.8, 4) is 0 Å². The summed E-state index contributed by atoms with van der Waals surface area (Å²) in [6.45, 7) is 3.99. The third kappa shape index (κ3) is 4.33. The van der Waals surface area contributed by atoms with Crippen LogP contribution in [0.2, 0.25) is 0 Å². The van der Waals surface area contributed by atoms with E-state index in [0.29, 0.717) is 26.1 Å². The summed E-state index contributed by atoms with van der Waals surface area (Å²) in [6, 6.07) is 10.3. The fraction of sp³-hybridized carbons (Fsp3) is 0.478. The van der Waals surface area contributed by atoms with Crippen LogP contribution in [0.5, 0.6) is 0 Å². The highest BCUT2D eigenvalue weighted by Crippen LogP contribution is 2.33. The van der Waals surface area contributed by atoms with Crippen LogP contribution in [-0.2, 0) is 22.4 Å². The van der Waals surface area contributed by atoms with Crippen molar-refractivity contribution in [3.05, 3.63) is 53.0 Å². The Bertz CT molecular complexity index is 926. The fourth-order valence-electron chi connectivity index (χ4n) is 4.37. The van der Waals surface area contributed by atoms with Crippen LogP contribution in [0.4, 0.5) is 5.82 Å². The number of amides is 2. The Morgan fingerprint density at radius 3 is 2.60 bits per heavy atom. The molecule has 2 aliphatic rings. The van der Waals surface area contributed by atoms with E-state index in [1.165, 1.54) is 5.56 Å². The molecule has 1 fully saturated rings. The van der Waals surface area contributed by atoms with Gasteiger partial charge in [0.1, 0.15) is 17.5 Å². The number of rotatable bonds is 6. The van der Waals surface area contributed by atoms with Gasteiger partial charge in [0.2, 0.25) is 11.8 Å². The topological polar surface area (TPSA) is 66.4 Å². The molecular weight excluding hydrogens is 400 g/mol. The Morgan fingerprint density at radius 2 is 1.90 bits per heavy atom. The number of anilines is 1. The van der Waals surface area contributed by atoms with E-state index in [4.69, 9.17) is 21.6 Å². The van der Waals surface area contributed by atoms with Crippen LogP contribution in [0.1, 0.15) is 47.8 Å². The van der Waals surface area contributed by atoms with Gasteiger partial charge in [0, 0.05) is 36.8 Å². The van der Waals surface area contributed by atoms with Gasteiger partial charge in [0.15, 0.2) is 0 Å². The minimum Gasteiger partial charge on any atom is -0.342 e. The highest BCUT2D eigenvalue weighted by molar-refractivity contribution is 6.27. The maximum absolute atomic E-state index is 12.7. The lowest BCUT2D eigenvalue weighted by Gasteiger charge is -2.31. The lowest BCUT2D eigenvalue weighted by molar-refractivity contribution is -0.129.